The van der Waals surface area contributed by atoms with Crippen LogP contribution >= 0.6 is 15.9 Å². The Morgan fingerprint density at radius 3 is 2.19 bits per heavy atom. The van der Waals surface area contributed by atoms with E-state index in [0.717, 1.165) is 41.6 Å². The van der Waals surface area contributed by atoms with Gasteiger partial charge in [0.25, 0.3) is 0 Å². The van der Waals surface area contributed by atoms with Crippen LogP contribution in [0.1, 0.15) is 24.8 Å². The quantitative estimate of drug-likeness (QED) is 0.207. The second-order valence-corrected chi connectivity index (χ2v) is 6.04. The van der Waals surface area contributed by atoms with Crippen LogP contribution in [0, 0.1) is 0 Å². The van der Waals surface area contributed by atoms with Gasteiger partial charge in [0.2, 0.25) is 0 Å². The molecule has 150 valence electrons. The van der Waals surface area contributed by atoms with Crippen molar-refractivity contribution in [3.05, 3.63) is 46.5 Å². The molecule has 0 aromatic heterocycles. The molecule has 8 nitrogen and oxygen atoms in total. The van der Waals surface area contributed by atoms with E-state index < -0.39 is 11.9 Å². The summed E-state index contributed by atoms with van der Waals surface area (Å²) in [6.45, 7) is 1.69. The molecule has 0 aliphatic heterocycles. The second kappa shape index (κ2) is 16.0. The SMILES string of the molecule is COCCCCC(=NOCCN)c1ccc(Br)cc1.O=C(O)/C=C/C(=O)O. The highest BCUT2D eigenvalue weighted by atomic mass is 79.9. The first-order valence-electron chi connectivity index (χ1n) is 8.18. The minimum Gasteiger partial charge on any atom is -0.478 e. The summed E-state index contributed by atoms with van der Waals surface area (Å²) in [4.78, 5) is 24.3. The molecule has 0 heterocycles. The van der Waals surface area contributed by atoms with Crippen LogP contribution in [-0.2, 0) is 19.2 Å². The number of nitrogens with two attached hydrogens (primary N) is 1. The van der Waals surface area contributed by atoms with E-state index in [-0.39, 0.29) is 0 Å². The van der Waals surface area contributed by atoms with Crippen molar-refractivity contribution in [3.8, 4) is 0 Å². The van der Waals surface area contributed by atoms with Crippen molar-refractivity contribution in [1.29, 1.82) is 0 Å². The fourth-order valence-corrected chi connectivity index (χ4v) is 2.01. The van der Waals surface area contributed by atoms with E-state index in [9.17, 15) is 9.59 Å². The van der Waals surface area contributed by atoms with E-state index in [1.807, 2.05) is 24.3 Å². The normalized spacial score (nSPS) is 11.0. The number of rotatable bonds is 11. The fraction of sp³-hybridized carbons (Fsp3) is 0.389. The lowest BCUT2D eigenvalue weighted by atomic mass is 10.1. The van der Waals surface area contributed by atoms with Gasteiger partial charge in [0.15, 0.2) is 0 Å². The molecular formula is C18H25BrN2O6. The van der Waals surface area contributed by atoms with E-state index in [0.29, 0.717) is 25.3 Å². The number of carbonyl (C=O) groups is 2. The third-order valence-corrected chi connectivity index (χ3v) is 3.47. The van der Waals surface area contributed by atoms with E-state index >= 15 is 0 Å². The van der Waals surface area contributed by atoms with Gasteiger partial charge in [-0.2, -0.15) is 0 Å². The maximum atomic E-state index is 9.55. The van der Waals surface area contributed by atoms with Crippen molar-refractivity contribution in [2.45, 2.75) is 19.3 Å². The number of halogens is 1. The molecule has 0 fully saturated rings. The summed E-state index contributed by atoms with van der Waals surface area (Å²) in [7, 11) is 1.72. The zero-order valence-electron chi connectivity index (χ0n) is 15.1. The van der Waals surface area contributed by atoms with E-state index in [1.54, 1.807) is 7.11 Å². The lowest BCUT2D eigenvalue weighted by Crippen LogP contribution is -2.08. The van der Waals surface area contributed by atoms with Gasteiger partial charge < -0.3 is 25.5 Å². The number of nitrogens with zero attached hydrogens (tertiary/aromatic N) is 1. The highest BCUT2D eigenvalue weighted by Gasteiger charge is 2.05. The molecule has 0 saturated heterocycles. The number of benzene rings is 1. The van der Waals surface area contributed by atoms with Gasteiger partial charge in [-0.3, -0.25) is 0 Å². The molecule has 0 amide bonds. The number of carboxylic acids is 2. The number of oxime groups is 1. The van der Waals surface area contributed by atoms with Crippen LogP contribution in [-0.4, -0.2) is 54.7 Å². The largest absolute Gasteiger partial charge is 0.478 e. The summed E-state index contributed by atoms with van der Waals surface area (Å²) in [5, 5.41) is 19.8. The number of hydrogen-bond donors (Lipinski definition) is 3. The van der Waals surface area contributed by atoms with Crippen LogP contribution in [0.5, 0.6) is 0 Å². The Kier molecular flexibility index (Phi) is 14.7. The molecule has 0 spiro atoms. The number of aliphatic carboxylic acids is 2. The van der Waals surface area contributed by atoms with Crippen LogP contribution in [0.3, 0.4) is 0 Å². The molecule has 0 radical (unpaired) electrons. The third kappa shape index (κ3) is 14.6. The van der Waals surface area contributed by atoms with E-state index in [4.69, 9.17) is 25.5 Å². The van der Waals surface area contributed by atoms with Gasteiger partial charge in [0, 0.05) is 36.9 Å². The zero-order chi connectivity index (χ0) is 20.5. The van der Waals surface area contributed by atoms with Gasteiger partial charge >= 0.3 is 11.9 Å². The average molecular weight is 445 g/mol. The van der Waals surface area contributed by atoms with E-state index in [1.165, 1.54) is 0 Å². The fourth-order valence-electron chi connectivity index (χ4n) is 1.74. The number of carboxylic acid groups (broad SMARTS) is 2. The van der Waals surface area contributed by atoms with E-state index in [2.05, 4.69) is 21.1 Å². The molecule has 0 saturated carbocycles. The van der Waals surface area contributed by atoms with Crippen LogP contribution in [0.2, 0.25) is 0 Å². The Balaban J connectivity index is 0.000000713. The summed E-state index contributed by atoms with van der Waals surface area (Å²) in [6.07, 6.45) is 4.03. The van der Waals surface area contributed by atoms with Crippen molar-refractivity contribution in [3.63, 3.8) is 0 Å². The number of hydrogen-bond acceptors (Lipinski definition) is 6. The molecule has 0 aliphatic carbocycles. The summed E-state index contributed by atoms with van der Waals surface area (Å²) in [5.41, 5.74) is 7.43. The van der Waals surface area contributed by atoms with Crippen molar-refractivity contribution < 1.29 is 29.4 Å². The molecule has 0 bridgehead atoms. The number of ether oxygens (including phenoxy) is 1. The lowest BCUT2D eigenvalue weighted by Gasteiger charge is -2.07. The molecule has 0 aliphatic rings. The molecule has 1 aromatic carbocycles. The van der Waals surface area contributed by atoms with Gasteiger partial charge in [-0.1, -0.05) is 33.2 Å². The first-order chi connectivity index (χ1) is 12.9. The molecular weight excluding hydrogens is 420 g/mol. The topological polar surface area (TPSA) is 131 Å². The predicted octanol–water partition coefficient (Wildman–Crippen LogP) is 2.66. The first-order valence-corrected chi connectivity index (χ1v) is 8.97. The van der Waals surface area contributed by atoms with Gasteiger partial charge in [-0.05, 0) is 37.0 Å². The maximum Gasteiger partial charge on any atom is 0.328 e. The average Bonchev–Trinajstić information content (AvgIpc) is 2.63. The molecule has 1 rings (SSSR count). The Morgan fingerprint density at radius 2 is 1.70 bits per heavy atom. The molecule has 4 N–H and O–H groups in total. The highest BCUT2D eigenvalue weighted by molar-refractivity contribution is 9.10. The minimum atomic E-state index is -1.26. The monoisotopic (exact) mass is 444 g/mol. The Labute approximate surface area is 166 Å². The highest BCUT2D eigenvalue weighted by Crippen LogP contribution is 2.14. The van der Waals surface area contributed by atoms with Crippen LogP contribution in [0.25, 0.3) is 0 Å². The van der Waals surface area contributed by atoms with Crippen LogP contribution < -0.4 is 5.73 Å². The van der Waals surface area contributed by atoms with Crippen LogP contribution in [0.4, 0.5) is 0 Å². The first kappa shape index (κ1) is 24.8. The molecule has 9 heteroatoms. The molecule has 1 aromatic rings. The number of methoxy groups -OCH3 is 1. The van der Waals surface area contributed by atoms with Crippen molar-refractivity contribution in [2.75, 3.05) is 26.9 Å². The maximum absolute atomic E-state index is 9.55. The Hall–Kier alpha value is -2.23. The van der Waals surface area contributed by atoms with Crippen molar-refractivity contribution in [2.24, 2.45) is 10.9 Å². The molecule has 0 atom stereocenters. The standard InChI is InChI=1S/C14H21BrN2O2.C4H4O4/c1-18-10-3-2-4-14(17-19-11-9-16)12-5-7-13(15)8-6-12;5-3(6)1-2-4(7)8/h5-8H,2-4,9-11,16H2,1H3;1-2H,(H,5,6)(H,7,8)/b;2-1+. The Morgan fingerprint density at radius 1 is 1.11 bits per heavy atom. The van der Waals surface area contributed by atoms with Gasteiger partial charge in [-0.25, -0.2) is 9.59 Å². The summed E-state index contributed by atoms with van der Waals surface area (Å²) >= 11 is 3.43. The van der Waals surface area contributed by atoms with Gasteiger partial charge in [0.05, 0.1) is 5.71 Å². The third-order valence-electron chi connectivity index (χ3n) is 2.94. The van der Waals surface area contributed by atoms with Gasteiger partial charge in [0.1, 0.15) is 6.61 Å². The second-order valence-electron chi connectivity index (χ2n) is 5.13. The molecule has 27 heavy (non-hydrogen) atoms. The summed E-state index contributed by atoms with van der Waals surface area (Å²) in [5.74, 6) is -2.51. The minimum absolute atomic E-state index is 0.443. The van der Waals surface area contributed by atoms with Crippen LogP contribution in [0.15, 0.2) is 46.0 Å². The van der Waals surface area contributed by atoms with Crippen molar-refractivity contribution >= 4 is 33.6 Å². The van der Waals surface area contributed by atoms with Crippen molar-refractivity contribution in [1.82, 2.24) is 0 Å². The lowest BCUT2D eigenvalue weighted by molar-refractivity contribution is -0.134. The predicted molar refractivity (Wildman–Crippen MR) is 106 cm³/mol. The number of unbranched alkanes of at least 4 members (excludes halogenated alkanes) is 1. The zero-order valence-corrected chi connectivity index (χ0v) is 16.7. The van der Waals surface area contributed by atoms with Gasteiger partial charge in [-0.15, -0.1) is 0 Å². The Bertz CT molecular complexity index is 601. The summed E-state index contributed by atoms with van der Waals surface area (Å²) < 4.78 is 6.10. The molecule has 0 unspecified atom stereocenters. The smallest absolute Gasteiger partial charge is 0.328 e. The summed E-state index contributed by atoms with van der Waals surface area (Å²) in [6, 6.07) is 8.07.